The number of hydrogen-bond donors (Lipinski definition) is 1. The third kappa shape index (κ3) is 5.09. The molecule has 26 heavy (non-hydrogen) atoms. The summed E-state index contributed by atoms with van der Waals surface area (Å²) in [5.41, 5.74) is 3.63. The highest BCUT2D eigenvalue weighted by Crippen LogP contribution is 2.27. The average Bonchev–Trinajstić information content (AvgIpc) is 2.59. The maximum atomic E-state index is 12.5. The Morgan fingerprint density at radius 3 is 2.35 bits per heavy atom. The Morgan fingerprint density at radius 2 is 1.73 bits per heavy atom. The summed E-state index contributed by atoms with van der Waals surface area (Å²) in [6, 6.07) is 12.8. The van der Waals surface area contributed by atoms with E-state index in [-0.39, 0.29) is 18.4 Å². The summed E-state index contributed by atoms with van der Waals surface area (Å²) in [5.74, 6) is -1.18. The van der Waals surface area contributed by atoms with E-state index in [1.165, 1.54) is 0 Å². The largest absolute Gasteiger partial charge is 0.455 e. The van der Waals surface area contributed by atoms with Crippen molar-refractivity contribution in [3.63, 3.8) is 0 Å². The molecule has 138 valence electrons. The summed E-state index contributed by atoms with van der Waals surface area (Å²) in [5, 5.41) is 3.40. The minimum atomic E-state index is -0.444. The van der Waals surface area contributed by atoms with Gasteiger partial charge in [0.05, 0.1) is 5.92 Å². The molecule has 0 heterocycles. The number of amides is 1. The fourth-order valence-electron chi connectivity index (χ4n) is 2.76. The molecule has 1 N–H and O–H groups in total. The predicted octanol–water partition coefficient (Wildman–Crippen LogP) is 4.88. The maximum absolute atomic E-state index is 12.5. The lowest BCUT2D eigenvalue weighted by atomic mass is 9.88. The third-order valence-electron chi connectivity index (χ3n) is 4.37. The topological polar surface area (TPSA) is 55.4 Å². The molecule has 1 atom stereocenters. The number of aryl methyl sites for hydroxylation is 1. The molecule has 0 aromatic heterocycles. The van der Waals surface area contributed by atoms with Crippen LogP contribution in [-0.2, 0) is 14.3 Å². The standard InChI is InChI=1S/C21H24ClNO3/c1-13(2)20(16-8-10-17(22)11-9-16)21(25)26-12-19(24)23-18-7-5-6-14(3)15(18)4/h5-11,13,20H,12H2,1-4H3,(H,23,24)/t20-/m1/s1. The van der Waals surface area contributed by atoms with Crippen LogP contribution in [0.25, 0.3) is 0 Å². The zero-order chi connectivity index (χ0) is 19.3. The molecule has 0 aliphatic heterocycles. The molecule has 0 unspecified atom stereocenters. The van der Waals surface area contributed by atoms with Crippen molar-refractivity contribution in [3.05, 3.63) is 64.2 Å². The molecule has 1 amide bonds. The van der Waals surface area contributed by atoms with E-state index in [1.54, 1.807) is 12.1 Å². The molecule has 0 aliphatic carbocycles. The minimum Gasteiger partial charge on any atom is -0.455 e. The molecule has 2 aromatic carbocycles. The van der Waals surface area contributed by atoms with Gasteiger partial charge in [-0.25, -0.2) is 0 Å². The van der Waals surface area contributed by atoms with Gasteiger partial charge in [0.15, 0.2) is 6.61 Å². The molecule has 2 rings (SSSR count). The molecule has 0 aliphatic rings. The first-order valence-electron chi connectivity index (χ1n) is 8.57. The zero-order valence-corrected chi connectivity index (χ0v) is 16.3. The fraction of sp³-hybridized carbons (Fsp3) is 0.333. The Morgan fingerprint density at radius 1 is 1.08 bits per heavy atom. The van der Waals surface area contributed by atoms with Crippen molar-refractivity contribution < 1.29 is 14.3 Å². The third-order valence-corrected chi connectivity index (χ3v) is 4.63. The van der Waals surface area contributed by atoms with Gasteiger partial charge in [-0.05, 0) is 54.7 Å². The SMILES string of the molecule is Cc1cccc(NC(=O)COC(=O)[C@@H](c2ccc(Cl)cc2)C(C)C)c1C. The van der Waals surface area contributed by atoms with Crippen molar-refractivity contribution in [2.75, 3.05) is 11.9 Å². The molecular formula is C21H24ClNO3. The monoisotopic (exact) mass is 373 g/mol. The molecule has 2 aromatic rings. The smallest absolute Gasteiger partial charge is 0.314 e. The maximum Gasteiger partial charge on any atom is 0.314 e. The van der Waals surface area contributed by atoms with Gasteiger partial charge in [0.1, 0.15) is 0 Å². The number of esters is 1. The van der Waals surface area contributed by atoms with Gasteiger partial charge in [-0.1, -0.05) is 49.7 Å². The lowest BCUT2D eigenvalue weighted by molar-refractivity contribution is -0.149. The van der Waals surface area contributed by atoms with E-state index < -0.39 is 11.9 Å². The Kier molecular flexibility index (Phi) is 6.81. The molecular weight excluding hydrogens is 350 g/mol. The molecule has 0 saturated heterocycles. The van der Waals surface area contributed by atoms with Gasteiger partial charge in [-0.2, -0.15) is 0 Å². The Hall–Kier alpha value is -2.33. The van der Waals surface area contributed by atoms with E-state index >= 15 is 0 Å². The minimum absolute atomic E-state index is 0.0331. The van der Waals surface area contributed by atoms with Crippen LogP contribution in [-0.4, -0.2) is 18.5 Å². The van der Waals surface area contributed by atoms with Crippen LogP contribution >= 0.6 is 11.6 Å². The number of carbonyl (C=O) groups is 2. The van der Waals surface area contributed by atoms with E-state index in [4.69, 9.17) is 16.3 Å². The van der Waals surface area contributed by atoms with Crippen LogP contribution in [0.3, 0.4) is 0 Å². The van der Waals surface area contributed by atoms with Crippen molar-refractivity contribution in [3.8, 4) is 0 Å². The summed E-state index contributed by atoms with van der Waals surface area (Å²) in [6.45, 7) is 7.48. The van der Waals surface area contributed by atoms with Gasteiger partial charge >= 0.3 is 5.97 Å². The molecule has 4 nitrogen and oxygen atoms in total. The number of benzene rings is 2. The summed E-state index contributed by atoms with van der Waals surface area (Å²) in [4.78, 5) is 24.7. The molecule has 0 fully saturated rings. The summed E-state index contributed by atoms with van der Waals surface area (Å²) >= 11 is 5.91. The van der Waals surface area contributed by atoms with Crippen molar-refractivity contribution in [2.45, 2.75) is 33.6 Å². The number of ether oxygens (including phenoxy) is 1. The first kappa shape index (κ1) is 20.0. The molecule has 0 saturated carbocycles. The fourth-order valence-corrected chi connectivity index (χ4v) is 2.89. The van der Waals surface area contributed by atoms with Crippen LogP contribution in [0.5, 0.6) is 0 Å². The molecule has 0 bridgehead atoms. The highest BCUT2D eigenvalue weighted by molar-refractivity contribution is 6.30. The number of anilines is 1. The second-order valence-electron chi connectivity index (χ2n) is 6.68. The average molecular weight is 374 g/mol. The van der Waals surface area contributed by atoms with Gasteiger partial charge < -0.3 is 10.1 Å². The number of carbonyl (C=O) groups excluding carboxylic acids is 2. The Bertz CT molecular complexity index is 784. The molecule has 0 radical (unpaired) electrons. The van der Waals surface area contributed by atoms with Crippen LogP contribution in [0.2, 0.25) is 5.02 Å². The van der Waals surface area contributed by atoms with E-state index in [0.29, 0.717) is 5.02 Å². The Balaban J connectivity index is 2.00. The van der Waals surface area contributed by atoms with Crippen molar-refractivity contribution in [1.29, 1.82) is 0 Å². The van der Waals surface area contributed by atoms with Crippen LogP contribution in [0, 0.1) is 19.8 Å². The van der Waals surface area contributed by atoms with Crippen molar-refractivity contribution >= 4 is 29.2 Å². The quantitative estimate of drug-likeness (QED) is 0.734. The summed E-state index contributed by atoms with van der Waals surface area (Å²) in [6.07, 6.45) is 0. The zero-order valence-electron chi connectivity index (χ0n) is 15.5. The van der Waals surface area contributed by atoms with Gasteiger partial charge in [0.2, 0.25) is 0 Å². The van der Waals surface area contributed by atoms with E-state index in [1.807, 2.05) is 58.0 Å². The number of hydrogen-bond acceptors (Lipinski definition) is 3. The molecule has 0 spiro atoms. The predicted molar refractivity (Wildman–Crippen MR) is 105 cm³/mol. The lowest BCUT2D eigenvalue weighted by Gasteiger charge is -2.20. The van der Waals surface area contributed by atoms with Crippen LogP contribution in [0.15, 0.2) is 42.5 Å². The Labute approximate surface area is 159 Å². The van der Waals surface area contributed by atoms with E-state index in [9.17, 15) is 9.59 Å². The van der Waals surface area contributed by atoms with E-state index in [0.717, 1.165) is 22.4 Å². The van der Waals surface area contributed by atoms with Crippen molar-refractivity contribution in [2.24, 2.45) is 5.92 Å². The highest BCUT2D eigenvalue weighted by atomic mass is 35.5. The summed E-state index contributed by atoms with van der Waals surface area (Å²) < 4.78 is 5.27. The molecule has 5 heteroatoms. The van der Waals surface area contributed by atoms with Gasteiger partial charge in [-0.3, -0.25) is 9.59 Å². The van der Waals surface area contributed by atoms with Gasteiger partial charge in [-0.15, -0.1) is 0 Å². The highest BCUT2D eigenvalue weighted by Gasteiger charge is 2.26. The van der Waals surface area contributed by atoms with Crippen molar-refractivity contribution in [1.82, 2.24) is 0 Å². The normalized spacial score (nSPS) is 11.9. The van der Waals surface area contributed by atoms with Crippen LogP contribution < -0.4 is 5.32 Å². The summed E-state index contributed by atoms with van der Waals surface area (Å²) in [7, 11) is 0. The number of rotatable bonds is 6. The van der Waals surface area contributed by atoms with Gasteiger partial charge in [0, 0.05) is 10.7 Å². The van der Waals surface area contributed by atoms with Crippen LogP contribution in [0.1, 0.15) is 36.5 Å². The number of halogens is 1. The second-order valence-corrected chi connectivity index (χ2v) is 7.11. The van der Waals surface area contributed by atoms with E-state index in [2.05, 4.69) is 5.32 Å². The van der Waals surface area contributed by atoms with Gasteiger partial charge in [0.25, 0.3) is 5.91 Å². The number of nitrogens with one attached hydrogen (secondary N) is 1. The second kappa shape index (κ2) is 8.86. The first-order valence-corrected chi connectivity index (χ1v) is 8.95. The lowest BCUT2D eigenvalue weighted by Crippen LogP contribution is -2.26. The first-order chi connectivity index (χ1) is 12.3. The van der Waals surface area contributed by atoms with Crippen LogP contribution in [0.4, 0.5) is 5.69 Å².